The van der Waals surface area contributed by atoms with Crippen LogP contribution in [0.2, 0.25) is 0 Å². The standard InChI is InChI=1S/C22H22F3N5O3S/c1-15-13-20(30-9-11-33-12-10-30)28-21(26-15)27-17-5-7-18(8-6-17)29-34(31,32)19-4-2-3-16(14-19)22(23,24)25/h2-8,13-14,29H,9-12H2,1H3,(H,26,27,28). The molecule has 0 spiro atoms. The molecule has 4 rings (SSSR count). The number of aromatic nitrogens is 2. The molecule has 2 aromatic carbocycles. The Kier molecular flexibility index (Phi) is 6.62. The third kappa shape index (κ3) is 5.75. The number of anilines is 4. The van der Waals surface area contributed by atoms with Crippen molar-refractivity contribution in [2.24, 2.45) is 0 Å². The third-order valence-corrected chi connectivity index (χ3v) is 6.42. The minimum atomic E-state index is -4.64. The van der Waals surface area contributed by atoms with E-state index in [1.54, 1.807) is 12.1 Å². The van der Waals surface area contributed by atoms with E-state index in [1.807, 2.05) is 13.0 Å². The average Bonchev–Trinajstić information content (AvgIpc) is 2.80. The zero-order valence-corrected chi connectivity index (χ0v) is 18.9. The number of nitrogens with one attached hydrogen (secondary N) is 2. The maximum atomic E-state index is 12.9. The van der Waals surface area contributed by atoms with Crippen LogP contribution >= 0.6 is 0 Å². The maximum Gasteiger partial charge on any atom is 0.416 e. The zero-order valence-electron chi connectivity index (χ0n) is 18.1. The summed E-state index contributed by atoms with van der Waals surface area (Å²) in [5.41, 5.74) is 0.552. The van der Waals surface area contributed by atoms with Crippen molar-refractivity contribution in [1.29, 1.82) is 0 Å². The molecule has 3 aromatic rings. The molecule has 1 fully saturated rings. The Bertz CT molecular complexity index is 1260. The van der Waals surface area contributed by atoms with E-state index in [2.05, 4.69) is 24.9 Å². The van der Waals surface area contributed by atoms with Crippen LogP contribution in [-0.4, -0.2) is 44.7 Å². The van der Waals surface area contributed by atoms with Gasteiger partial charge >= 0.3 is 6.18 Å². The summed E-state index contributed by atoms with van der Waals surface area (Å²) in [7, 11) is -4.20. The molecule has 180 valence electrons. The van der Waals surface area contributed by atoms with Crippen molar-refractivity contribution in [1.82, 2.24) is 9.97 Å². The quantitative estimate of drug-likeness (QED) is 0.532. The smallest absolute Gasteiger partial charge is 0.378 e. The molecule has 34 heavy (non-hydrogen) atoms. The predicted octanol–water partition coefficient (Wildman–Crippen LogP) is 4.18. The molecular formula is C22H22F3N5O3S. The van der Waals surface area contributed by atoms with Gasteiger partial charge in [-0.25, -0.2) is 13.4 Å². The first-order chi connectivity index (χ1) is 16.1. The summed E-state index contributed by atoms with van der Waals surface area (Å²) < 4.78 is 71.5. The monoisotopic (exact) mass is 493 g/mol. The van der Waals surface area contributed by atoms with Gasteiger partial charge in [0.25, 0.3) is 10.0 Å². The number of morpholine rings is 1. The molecule has 2 heterocycles. The SMILES string of the molecule is Cc1cc(N2CCOCC2)nc(Nc2ccc(NS(=O)(=O)c3cccc(C(F)(F)F)c3)cc2)n1. The van der Waals surface area contributed by atoms with Gasteiger partial charge in [0.1, 0.15) is 5.82 Å². The van der Waals surface area contributed by atoms with E-state index in [1.165, 1.54) is 12.1 Å². The number of rotatable bonds is 6. The van der Waals surface area contributed by atoms with Crippen LogP contribution in [-0.2, 0) is 20.9 Å². The van der Waals surface area contributed by atoms with Gasteiger partial charge < -0.3 is 15.0 Å². The lowest BCUT2D eigenvalue weighted by molar-refractivity contribution is -0.137. The van der Waals surface area contributed by atoms with E-state index in [0.29, 0.717) is 30.9 Å². The molecule has 0 unspecified atom stereocenters. The highest BCUT2D eigenvalue weighted by atomic mass is 32.2. The van der Waals surface area contributed by atoms with Gasteiger partial charge in [-0.15, -0.1) is 0 Å². The van der Waals surface area contributed by atoms with Gasteiger partial charge in [0.05, 0.1) is 23.7 Å². The number of hydrogen-bond acceptors (Lipinski definition) is 7. The van der Waals surface area contributed by atoms with Gasteiger partial charge in [0.15, 0.2) is 0 Å². The Balaban J connectivity index is 1.47. The Labute approximate surface area is 194 Å². The molecule has 0 saturated carbocycles. The first kappa shape index (κ1) is 23.8. The van der Waals surface area contributed by atoms with Crippen LogP contribution in [0.3, 0.4) is 0 Å². The number of halogens is 3. The zero-order chi connectivity index (χ0) is 24.3. The van der Waals surface area contributed by atoms with Gasteiger partial charge in [-0.05, 0) is 49.4 Å². The van der Waals surface area contributed by atoms with Crippen molar-refractivity contribution in [2.45, 2.75) is 18.0 Å². The second-order valence-electron chi connectivity index (χ2n) is 7.62. The number of ether oxygens (including phenoxy) is 1. The number of benzene rings is 2. The van der Waals surface area contributed by atoms with Crippen LogP contribution < -0.4 is 14.9 Å². The summed E-state index contributed by atoms with van der Waals surface area (Å²) in [6.07, 6.45) is -4.64. The van der Waals surface area contributed by atoms with Crippen molar-refractivity contribution in [2.75, 3.05) is 41.2 Å². The molecule has 2 N–H and O–H groups in total. The highest BCUT2D eigenvalue weighted by Crippen LogP contribution is 2.31. The summed E-state index contributed by atoms with van der Waals surface area (Å²) in [5.74, 6) is 1.17. The Morgan fingerprint density at radius 3 is 2.32 bits per heavy atom. The highest BCUT2D eigenvalue weighted by molar-refractivity contribution is 7.92. The summed E-state index contributed by atoms with van der Waals surface area (Å²) in [6, 6.07) is 11.7. The summed E-state index contributed by atoms with van der Waals surface area (Å²) in [4.78, 5) is 10.6. The molecule has 0 radical (unpaired) electrons. The molecule has 0 amide bonds. The number of sulfonamides is 1. The number of nitrogens with zero attached hydrogens (tertiary/aromatic N) is 3. The summed E-state index contributed by atoms with van der Waals surface area (Å²) in [6.45, 7) is 4.59. The molecule has 0 atom stereocenters. The van der Waals surface area contributed by atoms with Crippen LogP contribution in [0.1, 0.15) is 11.3 Å². The van der Waals surface area contributed by atoms with E-state index in [9.17, 15) is 21.6 Å². The number of alkyl halides is 3. The van der Waals surface area contributed by atoms with Gasteiger partial charge in [0, 0.05) is 36.2 Å². The normalized spacial score (nSPS) is 14.6. The molecule has 8 nitrogen and oxygen atoms in total. The first-order valence-electron chi connectivity index (χ1n) is 10.4. The van der Waals surface area contributed by atoms with Crippen LogP contribution in [0.4, 0.5) is 36.3 Å². The van der Waals surface area contributed by atoms with Crippen LogP contribution in [0, 0.1) is 6.92 Å². The fraction of sp³-hybridized carbons (Fsp3) is 0.273. The van der Waals surface area contributed by atoms with E-state index in [-0.39, 0.29) is 5.69 Å². The fourth-order valence-corrected chi connectivity index (χ4v) is 4.47. The first-order valence-corrected chi connectivity index (χ1v) is 11.8. The molecule has 1 aliphatic heterocycles. The number of aryl methyl sites for hydroxylation is 1. The lowest BCUT2D eigenvalue weighted by Crippen LogP contribution is -2.36. The van der Waals surface area contributed by atoms with E-state index < -0.39 is 26.7 Å². The Morgan fingerprint density at radius 2 is 1.65 bits per heavy atom. The van der Waals surface area contributed by atoms with Crippen LogP contribution in [0.25, 0.3) is 0 Å². The molecule has 12 heteroatoms. The van der Waals surface area contributed by atoms with Crippen molar-refractivity contribution in [3.63, 3.8) is 0 Å². The highest BCUT2D eigenvalue weighted by Gasteiger charge is 2.31. The predicted molar refractivity (Wildman–Crippen MR) is 122 cm³/mol. The van der Waals surface area contributed by atoms with Gasteiger partial charge in [-0.2, -0.15) is 18.2 Å². The average molecular weight is 494 g/mol. The minimum Gasteiger partial charge on any atom is -0.378 e. The lowest BCUT2D eigenvalue weighted by Gasteiger charge is -2.28. The van der Waals surface area contributed by atoms with Crippen molar-refractivity contribution < 1.29 is 26.3 Å². The second-order valence-corrected chi connectivity index (χ2v) is 9.31. The fourth-order valence-electron chi connectivity index (χ4n) is 3.37. The van der Waals surface area contributed by atoms with E-state index >= 15 is 0 Å². The third-order valence-electron chi connectivity index (χ3n) is 5.04. The van der Waals surface area contributed by atoms with Crippen molar-refractivity contribution in [3.8, 4) is 0 Å². The van der Waals surface area contributed by atoms with Crippen molar-refractivity contribution in [3.05, 3.63) is 65.9 Å². The summed E-state index contributed by atoms with van der Waals surface area (Å²) in [5, 5.41) is 3.09. The molecule has 1 aromatic heterocycles. The van der Waals surface area contributed by atoms with E-state index in [4.69, 9.17) is 4.74 Å². The minimum absolute atomic E-state index is 0.196. The molecule has 1 saturated heterocycles. The van der Waals surface area contributed by atoms with Gasteiger partial charge in [0.2, 0.25) is 5.95 Å². The summed E-state index contributed by atoms with van der Waals surface area (Å²) >= 11 is 0. The Hall–Kier alpha value is -3.38. The Morgan fingerprint density at radius 1 is 0.971 bits per heavy atom. The maximum absolute atomic E-state index is 12.9. The topological polar surface area (TPSA) is 96.5 Å². The number of hydrogen-bond donors (Lipinski definition) is 2. The lowest BCUT2D eigenvalue weighted by atomic mass is 10.2. The van der Waals surface area contributed by atoms with E-state index in [0.717, 1.165) is 42.8 Å². The molecular weight excluding hydrogens is 471 g/mol. The molecule has 0 bridgehead atoms. The molecule has 0 aliphatic carbocycles. The van der Waals surface area contributed by atoms with Crippen molar-refractivity contribution >= 4 is 33.2 Å². The largest absolute Gasteiger partial charge is 0.416 e. The second kappa shape index (κ2) is 9.47. The molecule has 1 aliphatic rings. The van der Waals surface area contributed by atoms with Gasteiger partial charge in [-0.3, -0.25) is 4.72 Å². The van der Waals surface area contributed by atoms with Crippen LogP contribution in [0.5, 0.6) is 0 Å². The van der Waals surface area contributed by atoms with Gasteiger partial charge in [-0.1, -0.05) is 6.07 Å². The van der Waals surface area contributed by atoms with Crippen LogP contribution in [0.15, 0.2) is 59.5 Å².